The van der Waals surface area contributed by atoms with Crippen LogP contribution in [0.25, 0.3) is 0 Å². The predicted molar refractivity (Wildman–Crippen MR) is 39.8 cm³/mol. The van der Waals surface area contributed by atoms with Crippen molar-refractivity contribution in [2.24, 2.45) is 0 Å². The fourth-order valence-electron chi connectivity index (χ4n) is 0.255. The Bertz CT molecular complexity index is 81.0. The first-order valence-electron chi connectivity index (χ1n) is 2.21. The van der Waals surface area contributed by atoms with E-state index in [0.717, 1.165) is 0 Å². The van der Waals surface area contributed by atoms with Gasteiger partial charge in [-0.3, -0.25) is 0 Å². The Labute approximate surface area is 88.4 Å². The van der Waals surface area contributed by atoms with Crippen LogP contribution >= 0.6 is 12.2 Å². The van der Waals surface area contributed by atoms with Crippen LogP contribution in [0, 0.1) is 0 Å². The Kier molecular flexibility index (Phi) is 12.8. The van der Waals surface area contributed by atoms with Gasteiger partial charge in [-0.1, -0.05) is 4.32 Å². The van der Waals surface area contributed by atoms with Crippen molar-refractivity contribution in [1.82, 2.24) is 5.32 Å². The van der Waals surface area contributed by atoms with E-state index in [2.05, 4.69) is 30.2 Å². The fourth-order valence-corrected chi connectivity index (χ4v) is 0.459. The molecule has 1 N–H and O–H groups in total. The topological polar surface area (TPSA) is 21.3 Å². The fraction of sp³-hybridized carbons (Fsp3) is 0.750. The molecule has 0 amide bonds. The third-order valence-corrected chi connectivity index (χ3v) is 0.864. The van der Waals surface area contributed by atoms with Gasteiger partial charge in [0.2, 0.25) is 0 Å². The van der Waals surface area contributed by atoms with Gasteiger partial charge >= 0.3 is 29.6 Å². The molecule has 0 aromatic rings. The zero-order chi connectivity index (χ0) is 6.41. The van der Waals surface area contributed by atoms with Crippen LogP contribution in [0.5, 0.6) is 0 Å². The number of methoxy groups -OCH3 is 1. The van der Waals surface area contributed by atoms with Crippen molar-refractivity contribution < 1.29 is 34.3 Å². The van der Waals surface area contributed by atoms with Crippen molar-refractivity contribution in [2.75, 3.05) is 20.3 Å². The normalized spacial score (nSPS) is 7.67. The summed E-state index contributed by atoms with van der Waals surface area (Å²) in [5.41, 5.74) is 0. The molecule has 0 aliphatic rings. The van der Waals surface area contributed by atoms with Crippen molar-refractivity contribution in [3.05, 3.63) is 0 Å². The molecular weight excluding hydrogens is 165 g/mol. The predicted octanol–water partition coefficient (Wildman–Crippen LogP) is -2.94. The van der Waals surface area contributed by atoms with Crippen LogP contribution in [0.2, 0.25) is 0 Å². The summed E-state index contributed by atoms with van der Waals surface area (Å²) in [7, 11) is 1.63. The molecule has 0 heterocycles. The van der Waals surface area contributed by atoms with Gasteiger partial charge in [-0.25, -0.2) is 0 Å². The second-order valence-corrected chi connectivity index (χ2v) is 2.28. The molecule has 0 atom stereocenters. The largest absolute Gasteiger partial charge is 1.00 e. The Balaban J connectivity index is 0. The summed E-state index contributed by atoms with van der Waals surface area (Å²) in [6.45, 7) is 1.36. The summed E-state index contributed by atoms with van der Waals surface area (Å²) in [5, 5.41) is 2.77. The summed E-state index contributed by atoms with van der Waals surface area (Å²) in [4.78, 5) is 0. The number of rotatable bonds is 3. The van der Waals surface area contributed by atoms with E-state index in [-0.39, 0.29) is 29.6 Å². The second-order valence-electron chi connectivity index (χ2n) is 1.21. The molecule has 0 aliphatic carbocycles. The molecular formula is C4H8NNaOS2. The molecule has 0 radical (unpaired) electrons. The third-order valence-electron chi connectivity index (χ3n) is 0.576. The standard InChI is InChI=1S/C4H9NOS2.Na/c1-6-3-2-5-4(7)8;/h2-3H2,1H3,(H2,5,7,8);/q;+1/p-1. The van der Waals surface area contributed by atoms with Gasteiger partial charge in [0.05, 0.1) is 6.61 Å². The monoisotopic (exact) mass is 173 g/mol. The van der Waals surface area contributed by atoms with Crippen LogP contribution in [0.1, 0.15) is 0 Å². The summed E-state index contributed by atoms with van der Waals surface area (Å²) >= 11 is 9.11. The molecule has 9 heavy (non-hydrogen) atoms. The summed E-state index contributed by atoms with van der Waals surface area (Å²) in [6.07, 6.45) is 0. The van der Waals surface area contributed by atoms with Gasteiger partial charge in [-0.2, -0.15) is 0 Å². The van der Waals surface area contributed by atoms with Crippen LogP contribution in [0.3, 0.4) is 0 Å². The molecule has 0 rings (SSSR count). The van der Waals surface area contributed by atoms with Gasteiger partial charge in [-0.05, 0) is 0 Å². The zero-order valence-corrected chi connectivity index (χ0v) is 9.27. The molecule has 5 heteroatoms. The first-order valence-corrected chi connectivity index (χ1v) is 3.03. The maximum atomic E-state index is 4.72. The first kappa shape index (κ1) is 12.7. The van der Waals surface area contributed by atoms with Crippen molar-refractivity contribution in [2.45, 2.75) is 0 Å². The minimum atomic E-state index is 0. The molecule has 0 aromatic carbocycles. The van der Waals surface area contributed by atoms with Crippen molar-refractivity contribution in [3.8, 4) is 0 Å². The number of thiocarbonyl (C=S) groups is 1. The minimum Gasteiger partial charge on any atom is -0.412 e. The molecule has 0 bridgehead atoms. The van der Waals surface area contributed by atoms with E-state index in [0.29, 0.717) is 17.5 Å². The van der Waals surface area contributed by atoms with Crippen molar-refractivity contribution >= 4 is 29.2 Å². The molecule has 2 nitrogen and oxygen atoms in total. The van der Waals surface area contributed by atoms with Crippen LogP contribution in [-0.4, -0.2) is 24.6 Å². The number of ether oxygens (including phenoxy) is 1. The Morgan fingerprint density at radius 3 is 2.67 bits per heavy atom. The van der Waals surface area contributed by atoms with Gasteiger partial charge < -0.3 is 34.9 Å². The molecule has 48 valence electrons. The van der Waals surface area contributed by atoms with E-state index < -0.39 is 0 Å². The van der Waals surface area contributed by atoms with Gasteiger partial charge in [0.25, 0.3) is 0 Å². The molecule has 0 saturated heterocycles. The Morgan fingerprint density at radius 2 is 2.33 bits per heavy atom. The van der Waals surface area contributed by atoms with Crippen LogP contribution < -0.4 is 34.9 Å². The summed E-state index contributed by atoms with van der Waals surface area (Å²) in [5.74, 6) is 0. The Morgan fingerprint density at radius 1 is 1.78 bits per heavy atom. The van der Waals surface area contributed by atoms with E-state index in [1.165, 1.54) is 0 Å². The maximum Gasteiger partial charge on any atom is 1.00 e. The van der Waals surface area contributed by atoms with E-state index >= 15 is 0 Å². The van der Waals surface area contributed by atoms with E-state index in [1.807, 2.05) is 0 Å². The smallest absolute Gasteiger partial charge is 0.412 e. The molecule has 0 spiro atoms. The first-order chi connectivity index (χ1) is 3.77. The van der Waals surface area contributed by atoms with Crippen molar-refractivity contribution in [3.63, 3.8) is 0 Å². The molecule has 0 aliphatic heterocycles. The van der Waals surface area contributed by atoms with Crippen molar-refractivity contribution in [1.29, 1.82) is 0 Å². The van der Waals surface area contributed by atoms with E-state index in [4.69, 9.17) is 4.74 Å². The summed E-state index contributed by atoms with van der Waals surface area (Å²) < 4.78 is 5.13. The zero-order valence-electron chi connectivity index (χ0n) is 5.64. The third kappa shape index (κ3) is 12.3. The van der Waals surface area contributed by atoms with Gasteiger partial charge in [0.15, 0.2) is 0 Å². The number of hydrogen-bond acceptors (Lipinski definition) is 3. The maximum absolute atomic E-state index is 4.72. The number of hydrogen-bond donors (Lipinski definition) is 1. The molecule has 0 fully saturated rings. The number of nitrogens with one attached hydrogen (secondary N) is 1. The van der Waals surface area contributed by atoms with Crippen LogP contribution in [0.4, 0.5) is 0 Å². The van der Waals surface area contributed by atoms with Gasteiger partial charge in [0.1, 0.15) is 0 Å². The van der Waals surface area contributed by atoms with Crippen LogP contribution in [0.15, 0.2) is 0 Å². The Hall–Kier alpha value is 1.07. The SMILES string of the molecule is COCCNC(=S)[S-].[Na+]. The second kappa shape index (κ2) is 9.07. The van der Waals surface area contributed by atoms with Crippen LogP contribution in [-0.2, 0) is 17.4 Å². The quantitative estimate of drug-likeness (QED) is 0.213. The summed E-state index contributed by atoms with van der Waals surface area (Å²) in [6, 6.07) is 0. The minimum absolute atomic E-state index is 0. The van der Waals surface area contributed by atoms with E-state index in [1.54, 1.807) is 7.11 Å². The van der Waals surface area contributed by atoms with Gasteiger partial charge in [0, 0.05) is 13.7 Å². The molecule has 0 saturated carbocycles. The molecule has 0 unspecified atom stereocenters. The van der Waals surface area contributed by atoms with E-state index in [9.17, 15) is 0 Å². The molecule has 0 aromatic heterocycles. The van der Waals surface area contributed by atoms with Gasteiger partial charge in [-0.15, -0.1) is 0 Å². The average Bonchev–Trinajstić information content (AvgIpc) is 1.66. The average molecular weight is 173 g/mol.